The van der Waals surface area contributed by atoms with E-state index >= 15 is 0 Å². The highest BCUT2D eigenvalue weighted by molar-refractivity contribution is 7.44. The maximum absolute atomic E-state index is 14.1. The predicted octanol–water partition coefficient (Wildman–Crippen LogP) is 8.44. The summed E-state index contributed by atoms with van der Waals surface area (Å²) in [4.78, 5) is 28.7. The zero-order valence-electron chi connectivity index (χ0n) is 38.2. The molecule has 2 saturated heterocycles. The first-order valence-electron chi connectivity index (χ1n) is 21.1. The molecule has 0 spiro atoms. The third-order valence-electron chi connectivity index (χ3n) is 11.9. The number of urea groups is 1. The van der Waals surface area contributed by atoms with Crippen molar-refractivity contribution in [1.82, 2.24) is 14.9 Å². The smallest absolute Gasteiger partial charge is 0.328 e. The summed E-state index contributed by atoms with van der Waals surface area (Å²) in [6.45, 7) is 19.8. The van der Waals surface area contributed by atoms with Crippen molar-refractivity contribution in [3.8, 4) is 17.6 Å². The van der Waals surface area contributed by atoms with Crippen molar-refractivity contribution >= 4 is 28.8 Å². The quantitative estimate of drug-likeness (QED) is 0.0512. The predicted molar refractivity (Wildman–Crippen MR) is 240 cm³/mol. The third-order valence-corrected chi connectivity index (χ3v) is 18.5. The first kappa shape index (κ1) is 49.1. The number of nitrogens with zero attached hydrogens (tertiary/aromatic N) is 3. The Morgan fingerprint density at radius 2 is 1.47 bits per heavy atom. The molecule has 3 amide bonds. The Balaban J connectivity index is 1.65. The molecule has 338 valence electrons. The number of carbonyl (C=O) groups is 2. The second-order valence-corrected chi connectivity index (χ2v) is 24.1. The number of benzene rings is 3. The van der Waals surface area contributed by atoms with Crippen LogP contribution in [0.5, 0.6) is 11.5 Å². The van der Waals surface area contributed by atoms with E-state index in [9.17, 15) is 20.0 Å². The molecule has 62 heavy (non-hydrogen) atoms. The largest absolute Gasteiger partial charge is 0.497 e. The lowest BCUT2D eigenvalue weighted by Crippen LogP contribution is -2.73. The van der Waals surface area contributed by atoms with Gasteiger partial charge >= 0.3 is 6.03 Å². The van der Waals surface area contributed by atoms with Crippen LogP contribution in [-0.2, 0) is 33.3 Å². The molecule has 5 rings (SSSR count). The van der Waals surface area contributed by atoms with Crippen LogP contribution >= 0.6 is 8.53 Å². The lowest BCUT2D eigenvalue weighted by atomic mass is 9.80. The van der Waals surface area contributed by atoms with Gasteiger partial charge in [0.2, 0.25) is 0 Å². The first-order chi connectivity index (χ1) is 29.2. The molecule has 1 unspecified atom stereocenters. The van der Waals surface area contributed by atoms with Crippen molar-refractivity contribution in [1.29, 1.82) is 5.26 Å². The maximum atomic E-state index is 14.1. The molecule has 14 nitrogen and oxygen atoms in total. The molecule has 2 N–H and O–H groups in total. The Morgan fingerprint density at radius 3 is 1.95 bits per heavy atom. The molecule has 0 radical (unpaired) electrons. The Morgan fingerprint density at radius 1 is 0.935 bits per heavy atom. The summed E-state index contributed by atoms with van der Waals surface area (Å²) in [6, 6.07) is 26.7. The van der Waals surface area contributed by atoms with Crippen LogP contribution < -0.4 is 14.8 Å². The van der Waals surface area contributed by atoms with Crippen LogP contribution in [0.1, 0.15) is 84.9 Å². The summed E-state index contributed by atoms with van der Waals surface area (Å²) in [7, 11) is -1.28. The van der Waals surface area contributed by atoms with Crippen LogP contribution in [0.2, 0.25) is 18.1 Å². The SMILES string of the molecule is COc1ccc(C(OC[C@H]2O[C@@H](N3C(=O)NC(=O)[C@](C)(O)[C@@H]3O[Si](C)(C)C(C)(C)C)C[C@@H]2OP(OCCC#N)N(C(C)C)C(C)C)(c2ccccc2)c2ccc(OC)cc2)cc1. The molecule has 0 aromatic heterocycles. The van der Waals surface area contributed by atoms with Crippen LogP contribution in [-0.4, -0.2) is 105 Å². The van der Waals surface area contributed by atoms with Crippen LogP contribution in [0.25, 0.3) is 0 Å². The second kappa shape index (κ2) is 20.3. The van der Waals surface area contributed by atoms with Gasteiger partial charge in [0.05, 0.1) is 46.0 Å². The molecule has 16 heteroatoms. The fourth-order valence-corrected chi connectivity index (χ4v) is 10.5. The molecule has 6 atom stereocenters. The number of amides is 3. The van der Waals surface area contributed by atoms with Crippen molar-refractivity contribution < 1.29 is 47.1 Å². The molecule has 0 aliphatic carbocycles. The van der Waals surface area contributed by atoms with Crippen molar-refractivity contribution in [2.75, 3.05) is 27.4 Å². The topological polar surface area (TPSA) is 161 Å². The van der Waals surface area contributed by atoms with E-state index in [0.29, 0.717) is 11.5 Å². The lowest BCUT2D eigenvalue weighted by molar-refractivity contribution is -0.191. The summed E-state index contributed by atoms with van der Waals surface area (Å²) >= 11 is 0. The van der Waals surface area contributed by atoms with Crippen LogP contribution in [0.4, 0.5) is 4.79 Å². The maximum Gasteiger partial charge on any atom is 0.328 e. The van der Waals surface area contributed by atoms with Gasteiger partial charge in [-0.3, -0.25) is 15.0 Å². The Hall–Kier alpha value is -3.94. The van der Waals surface area contributed by atoms with Crippen molar-refractivity contribution in [3.05, 3.63) is 95.6 Å². The van der Waals surface area contributed by atoms with Gasteiger partial charge in [0.1, 0.15) is 29.4 Å². The molecule has 3 aromatic rings. The van der Waals surface area contributed by atoms with Gasteiger partial charge < -0.3 is 37.5 Å². The highest BCUT2D eigenvalue weighted by Crippen LogP contribution is 2.51. The number of nitrogens with one attached hydrogen (secondary N) is 1. The highest BCUT2D eigenvalue weighted by Gasteiger charge is 2.58. The Bertz CT molecular complexity index is 1930. The van der Waals surface area contributed by atoms with E-state index < -0.39 is 64.6 Å². The van der Waals surface area contributed by atoms with Gasteiger partial charge in [-0.15, -0.1) is 0 Å². The summed E-state index contributed by atoms with van der Waals surface area (Å²) in [6.07, 6.45) is -3.75. The number of carbonyl (C=O) groups excluding carboxylic acids is 2. The number of hydrogen-bond donors (Lipinski definition) is 2. The van der Waals surface area contributed by atoms with Crippen LogP contribution in [0.15, 0.2) is 78.9 Å². The number of imide groups is 1. The molecular weight excluding hydrogens is 828 g/mol. The minimum atomic E-state index is -2.73. The summed E-state index contributed by atoms with van der Waals surface area (Å²) < 4.78 is 47.6. The van der Waals surface area contributed by atoms with E-state index in [1.165, 1.54) is 11.8 Å². The fourth-order valence-electron chi connectivity index (χ4n) is 7.51. The Labute approximate surface area is 369 Å². The number of methoxy groups -OCH3 is 2. The van der Waals surface area contributed by atoms with E-state index in [-0.39, 0.29) is 43.2 Å². The minimum Gasteiger partial charge on any atom is -0.497 e. The summed E-state index contributed by atoms with van der Waals surface area (Å²) in [5.74, 6) is 0.488. The zero-order chi connectivity index (χ0) is 45.6. The van der Waals surface area contributed by atoms with E-state index in [2.05, 4.69) is 43.8 Å². The average molecular weight is 893 g/mol. The van der Waals surface area contributed by atoms with Crippen molar-refractivity contribution in [2.24, 2.45) is 0 Å². The molecule has 2 heterocycles. The number of nitriles is 1. The standard InChI is InChI=1S/C46H65N4O10PSi/c1-31(2)50(32(3)4)61(57-28-16-27-47)59-38-29-40(49-42(60-62(11,12)44(5,6)7)45(8,53)41(51)48-43(49)52)58-39(38)30-56-46(33-17-14-13-15-18-33,34-19-23-36(54-9)24-20-34)35-21-25-37(55-10)26-22-35/h13-15,17-26,31-32,38-40,42,53H,16,28-30H2,1-12H3,(H,48,51,52)/t38-,39+,40+,42-,45-,61?/m0/s1. The van der Waals surface area contributed by atoms with E-state index in [4.69, 9.17) is 32.4 Å². The van der Waals surface area contributed by atoms with E-state index in [1.807, 2.05) is 113 Å². The normalized spacial score (nSPS) is 22.9. The van der Waals surface area contributed by atoms with Gasteiger partial charge in [-0.1, -0.05) is 75.4 Å². The molecule has 2 aliphatic heterocycles. The van der Waals surface area contributed by atoms with Crippen molar-refractivity contribution in [3.63, 3.8) is 0 Å². The fraction of sp³-hybridized carbons (Fsp3) is 0.543. The van der Waals surface area contributed by atoms with E-state index in [1.54, 1.807) is 14.2 Å². The molecular formula is C46H65N4O10PSi. The van der Waals surface area contributed by atoms with Gasteiger partial charge in [-0.05, 0) is 93.7 Å². The van der Waals surface area contributed by atoms with Gasteiger partial charge in [0, 0.05) is 18.5 Å². The number of rotatable bonds is 19. The average Bonchev–Trinajstić information content (AvgIpc) is 3.61. The third kappa shape index (κ3) is 10.5. The molecule has 3 aromatic carbocycles. The Kier molecular flexibility index (Phi) is 16.0. The minimum absolute atomic E-state index is 0.00300. The lowest BCUT2D eigenvalue weighted by Gasteiger charge is -2.50. The summed E-state index contributed by atoms with van der Waals surface area (Å²) in [5.41, 5.74) is -0.885. The van der Waals surface area contributed by atoms with Gasteiger partial charge in [0.15, 0.2) is 20.1 Å². The van der Waals surface area contributed by atoms with E-state index in [0.717, 1.165) is 16.7 Å². The number of ether oxygens (including phenoxy) is 4. The second-order valence-electron chi connectivity index (χ2n) is 17.9. The molecule has 0 saturated carbocycles. The van der Waals surface area contributed by atoms with Crippen LogP contribution in [0, 0.1) is 11.3 Å². The molecule has 2 fully saturated rings. The van der Waals surface area contributed by atoms with Crippen LogP contribution in [0.3, 0.4) is 0 Å². The number of aliphatic hydroxyl groups is 1. The van der Waals surface area contributed by atoms with Gasteiger partial charge in [-0.2, -0.15) is 5.26 Å². The van der Waals surface area contributed by atoms with Gasteiger partial charge in [-0.25, -0.2) is 9.46 Å². The molecule has 2 aliphatic rings. The highest BCUT2D eigenvalue weighted by atomic mass is 31.2. The zero-order valence-corrected chi connectivity index (χ0v) is 40.1. The summed E-state index contributed by atoms with van der Waals surface area (Å²) in [5, 5.41) is 23.3. The van der Waals surface area contributed by atoms with Gasteiger partial charge in [0.25, 0.3) is 14.4 Å². The monoisotopic (exact) mass is 892 g/mol. The molecule has 0 bridgehead atoms. The number of hydrogen-bond acceptors (Lipinski definition) is 12. The first-order valence-corrected chi connectivity index (χ1v) is 25.2. The van der Waals surface area contributed by atoms with Crippen molar-refractivity contribution in [2.45, 2.75) is 134 Å².